The van der Waals surface area contributed by atoms with Crippen molar-refractivity contribution in [3.63, 3.8) is 0 Å². The molecule has 1 amide bonds. The highest BCUT2D eigenvalue weighted by atomic mass is 16.3. The van der Waals surface area contributed by atoms with E-state index in [0.29, 0.717) is 6.54 Å². The Kier molecular flexibility index (Phi) is 4.07. The third kappa shape index (κ3) is 2.88. The van der Waals surface area contributed by atoms with E-state index in [9.17, 15) is 9.90 Å². The number of carbonyl (C=O) groups excluding carboxylic acids is 1. The number of nitrogens with one attached hydrogen (secondary N) is 1. The first-order valence-electron chi connectivity index (χ1n) is 6.48. The van der Waals surface area contributed by atoms with Gasteiger partial charge in [0.2, 0.25) is 5.91 Å². The maximum Gasteiger partial charge on any atom is 0.224 e. The van der Waals surface area contributed by atoms with E-state index in [1.165, 1.54) is 0 Å². The van der Waals surface area contributed by atoms with Crippen LogP contribution in [0.3, 0.4) is 0 Å². The van der Waals surface area contributed by atoms with Gasteiger partial charge in [-0.15, -0.1) is 0 Å². The molecule has 19 heavy (non-hydrogen) atoms. The van der Waals surface area contributed by atoms with E-state index in [1.807, 2.05) is 30.0 Å². The molecule has 104 valence electrons. The largest absolute Gasteiger partial charge is 0.394 e. The number of hydrogen-bond donors (Lipinski definition) is 3. The molecule has 5 nitrogen and oxygen atoms in total. The van der Waals surface area contributed by atoms with E-state index in [-0.39, 0.29) is 18.6 Å². The van der Waals surface area contributed by atoms with Crippen molar-refractivity contribution in [1.29, 1.82) is 0 Å². The van der Waals surface area contributed by atoms with E-state index in [1.54, 1.807) is 6.92 Å². The SMILES string of the molecule is CC(=O)N1c2ccc(NCC(O)CO)cc2CC1C. The summed E-state index contributed by atoms with van der Waals surface area (Å²) in [5.74, 6) is 0.0580. The predicted molar refractivity (Wildman–Crippen MR) is 74.4 cm³/mol. The van der Waals surface area contributed by atoms with Gasteiger partial charge in [-0.2, -0.15) is 0 Å². The lowest BCUT2D eigenvalue weighted by molar-refractivity contribution is -0.116. The van der Waals surface area contributed by atoms with Crippen LogP contribution in [0.25, 0.3) is 0 Å². The minimum Gasteiger partial charge on any atom is -0.394 e. The molecule has 0 saturated carbocycles. The van der Waals surface area contributed by atoms with Crippen LogP contribution >= 0.6 is 0 Å². The van der Waals surface area contributed by atoms with E-state index < -0.39 is 6.10 Å². The zero-order valence-electron chi connectivity index (χ0n) is 11.3. The van der Waals surface area contributed by atoms with Gasteiger partial charge < -0.3 is 20.4 Å². The molecule has 1 heterocycles. The number of fused-ring (bicyclic) bond motifs is 1. The van der Waals surface area contributed by atoms with Gasteiger partial charge in [0.15, 0.2) is 0 Å². The Bertz CT molecular complexity index is 476. The van der Waals surface area contributed by atoms with Crippen molar-refractivity contribution in [3.05, 3.63) is 23.8 Å². The molecule has 1 aliphatic rings. The number of benzene rings is 1. The summed E-state index contributed by atoms with van der Waals surface area (Å²) >= 11 is 0. The van der Waals surface area contributed by atoms with Gasteiger partial charge in [0.05, 0.1) is 12.7 Å². The molecule has 2 rings (SSSR count). The summed E-state index contributed by atoms with van der Waals surface area (Å²) in [5, 5.41) is 21.1. The molecule has 0 aliphatic carbocycles. The van der Waals surface area contributed by atoms with Crippen molar-refractivity contribution in [3.8, 4) is 0 Å². The second-order valence-corrected chi connectivity index (χ2v) is 5.00. The maximum atomic E-state index is 11.6. The van der Waals surface area contributed by atoms with Crippen molar-refractivity contribution in [2.45, 2.75) is 32.4 Å². The number of aliphatic hydroxyl groups is 2. The second-order valence-electron chi connectivity index (χ2n) is 5.00. The molecule has 3 N–H and O–H groups in total. The average Bonchev–Trinajstić information content (AvgIpc) is 2.70. The Hall–Kier alpha value is -1.59. The van der Waals surface area contributed by atoms with Gasteiger partial charge in [0.1, 0.15) is 0 Å². The minimum absolute atomic E-state index is 0.0580. The first kappa shape index (κ1) is 13.8. The Morgan fingerprint density at radius 2 is 2.32 bits per heavy atom. The van der Waals surface area contributed by atoms with Crippen molar-refractivity contribution in [2.75, 3.05) is 23.4 Å². The monoisotopic (exact) mass is 264 g/mol. The molecule has 0 aromatic heterocycles. The Morgan fingerprint density at radius 3 is 2.95 bits per heavy atom. The van der Waals surface area contributed by atoms with Gasteiger partial charge in [0.25, 0.3) is 0 Å². The number of nitrogens with zero attached hydrogens (tertiary/aromatic N) is 1. The predicted octanol–water partition coefficient (Wildman–Crippen LogP) is 0.749. The molecule has 0 bridgehead atoms. The van der Waals surface area contributed by atoms with Crippen LogP contribution in [0.1, 0.15) is 19.4 Å². The fourth-order valence-electron chi connectivity index (χ4n) is 2.52. The normalized spacial score (nSPS) is 19.2. The highest BCUT2D eigenvalue weighted by molar-refractivity contribution is 5.94. The Balaban J connectivity index is 2.13. The highest BCUT2D eigenvalue weighted by Crippen LogP contribution is 2.34. The van der Waals surface area contributed by atoms with Crippen molar-refractivity contribution in [2.24, 2.45) is 0 Å². The smallest absolute Gasteiger partial charge is 0.224 e. The number of rotatable bonds is 4. The van der Waals surface area contributed by atoms with Gasteiger partial charge in [-0.05, 0) is 37.1 Å². The lowest BCUT2D eigenvalue weighted by Crippen LogP contribution is -2.33. The summed E-state index contributed by atoms with van der Waals surface area (Å²) < 4.78 is 0. The van der Waals surface area contributed by atoms with E-state index in [2.05, 4.69) is 5.32 Å². The Labute approximate surface area is 112 Å². The first-order valence-corrected chi connectivity index (χ1v) is 6.48. The standard InChI is InChI=1S/C14H20N2O3/c1-9-5-11-6-12(15-7-13(19)8-17)3-4-14(11)16(9)10(2)18/h3-4,6,9,13,15,17,19H,5,7-8H2,1-2H3. The van der Waals surface area contributed by atoms with Gasteiger partial charge in [-0.25, -0.2) is 0 Å². The Morgan fingerprint density at radius 1 is 1.58 bits per heavy atom. The van der Waals surface area contributed by atoms with Crippen LogP contribution in [0.2, 0.25) is 0 Å². The van der Waals surface area contributed by atoms with Gasteiger partial charge in [0, 0.05) is 30.9 Å². The minimum atomic E-state index is -0.763. The van der Waals surface area contributed by atoms with E-state index in [4.69, 9.17) is 5.11 Å². The summed E-state index contributed by atoms with van der Waals surface area (Å²) in [7, 11) is 0. The van der Waals surface area contributed by atoms with Gasteiger partial charge in [-0.1, -0.05) is 0 Å². The van der Waals surface area contributed by atoms with Crippen molar-refractivity contribution < 1.29 is 15.0 Å². The molecule has 5 heteroatoms. The second kappa shape index (κ2) is 5.59. The molecule has 0 fully saturated rings. The molecule has 1 aromatic carbocycles. The summed E-state index contributed by atoms with van der Waals surface area (Å²) in [5.41, 5.74) is 2.99. The van der Waals surface area contributed by atoms with Crippen LogP contribution in [-0.2, 0) is 11.2 Å². The van der Waals surface area contributed by atoms with Crippen molar-refractivity contribution in [1.82, 2.24) is 0 Å². The first-order chi connectivity index (χ1) is 9.02. The van der Waals surface area contributed by atoms with Crippen LogP contribution in [0.15, 0.2) is 18.2 Å². The number of aliphatic hydroxyl groups excluding tert-OH is 2. The highest BCUT2D eigenvalue weighted by Gasteiger charge is 2.28. The third-order valence-corrected chi connectivity index (χ3v) is 3.39. The molecule has 0 saturated heterocycles. The topological polar surface area (TPSA) is 72.8 Å². The summed E-state index contributed by atoms with van der Waals surface area (Å²) in [6.45, 7) is 3.66. The number of carbonyl (C=O) groups is 1. The zero-order chi connectivity index (χ0) is 14.0. The molecule has 0 spiro atoms. The third-order valence-electron chi connectivity index (χ3n) is 3.39. The lowest BCUT2D eigenvalue weighted by atomic mass is 10.1. The average molecular weight is 264 g/mol. The molecule has 2 atom stereocenters. The number of anilines is 2. The van der Waals surface area contributed by atoms with Crippen LogP contribution < -0.4 is 10.2 Å². The number of hydrogen-bond acceptors (Lipinski definition) is 4. The molecule has 0 radical (unpaired) electrons. The number of amides is 1. The van der Waals surface area contributed by atoms with Crippen LogP contribution in [0.4, 0.5) is 11.4 Å². The van der Waals surface area contributed by atoms with Gasteiger partial charge in [-0.3, -0.25) is 4.79 Å². The van der Waals surface area contributed by atoms with Gasteiger partial charge >= 0.3 is 0 Å². The molecular formula is C14H20N2O3. The summed E-state index contributed by atoms with van der Waals surface area (Å²) in [6.07, 6.45) is 0.0772. The summed E-state index contributed by atoms with van der Waals surface area (Å²) in [6, 6.07) is 6.00. The lowest BCUT2D eigenvalue weighted by Gasteiger charge is -2.20. The molecule has 2 unspecified atom stereocenters. The molecule has 1 aromatic rings. The summed E-state index contributed by atoms with van der Waals surface area (Å²) in [4.78, 5) is 13.4. The molecular weight excluding hydrogens is 244 g/mol. The quantitative estimate of drug-likeness (QED) is 0.750. The fourth-order valence-corrected chi connectivity index (χ4v) is 2.52. The van der Waals surface area contributed by atoms with Crippen LogP contribution in [0, 0.1) is 0 Å². The fraction of sp³-hybridized carbons (Fsp3) is 0.500. The van der Waals surface area contributed by atoms with Crippen LogP contribution in [-0.4, -0.2) is 41.4 Å². The zero-order valence-corrected chi connectivity index (χ0v) is 11.3. The molecule has 1 aliphatic heterocycles. The van der Waals surface area contributed by atoms with E-state index in [0.717, 1.165) is 23.4 Å². The maximum absolute atomic E-state index is 11.6. The van der Waals surface area contributed by atoms with Crippen LogP contribution in [0.5, 0.6) is 0 Å². The van der Waals surface area contributed by atoms with Crippen molar-refractivity contribution >= 4 is 17.3 Å². The van der Waals surface area contributed by atoms with E-state index >= 15 is 0 Å².